The topological polar surface area (TPSA) is 45.0 Å². The molecular formula is C17H24N2O. The molecular weight excluding hydrogens is 248 g/mol. The predicted molar refractivity (Wildman–Crippen MR) is 80.5 cm³/mol. The van der Waals surface area contributed by atoms with E-state index >= 15 is 0 Å². The number of rotatable bonds is 5. The van der Waals surface area contributed by atoms with Gasteiger partial charge in [0.25, 0.3) is 0 Å². The molecule has 2 unspecified atom stereocenters. The van der Waals surface area contributed by atoms with Gasteiger partial charge in [-0.3, -0.25) is 0 Å². The highest BCUT2D eigenvalue weighted by Gasteiger charge is 2.40. The van der Waals surface area contributed by atoms with Gasteiger partial charge in [-0.05, 0) is 37.6 Å². The molecule has 1 aromatic carbocycles. The monoisotopic (exact) mass is 272 g/mol. The number of nitrogens with one attached hydrogen (secondary N) is 1. The Morgan fingerprint density at radius 3 is 3.00 bits per heavy atom. The van der Waals surface area contributed by atoms with E-state index in [1.807, 2.05) is 32.4 Å². The van der Waals surface area contributed by atoms with Crippen LogP contribution in [-0.2, 0) is 11.2 Å². The zero-order valence-corrected chi connectivity index (χ0v) is 12.5. The minimum absolute atomic E-state index is 0.0880. The number of nitriles is 1. The first-order chi connectivity index (χ1) is 9.74. The maximum absolute atomic E-state index is 9.03. The van der Waals surface area contributed by atoms with Gasteiger partial charge in [0.15, 0.2) is 0 Å². The second-order valence-corrected chi connectivity index (χ2v) is 5.76. The molecule has 2 atom stereocenters. The summed E-state index contributed by atoms with van der Waals surface area (Å²) in [6.07, 6.45) is 5.73. The highest BCUT2D eigenvalue weighted by molar-refractivity contribution is 5.33. The highest BCUT2D eigenvalue weighted by atomic mass is 16.5. The summed E-state index contributed by atoms with van der Waals surface area (Å²) in [5.41, 5.74) is 1.85. The van der Waals surface area contributed by atoms with E-state index in [2.05, 4.69) is 17.5 Å². The van der Waals surface area contributed by atoms with Crippen molar-refractivity contribution in [2.45, 2.75) is 37.7 Å². The summed E-state index contributed by atoms with van der Waals surface area (Å²) in [7, 11) is 3.84. The fraction of sp³-hybridized carbons (Fsp3) is 0.588. The van der Waals surface area contributed by atoms with Gasteiger partial charge >= 0.3 is 0 Å². The quantitative estimate of drug-likeness (QED) is 0.896. The number of benzene rings is 1. The lowest BCUT2D eigenvalue weighted by Gasteiger charge is -2.43. The lowest BCUT2D eigenvalue weighted by atomic mass is 9.72. The van der Waals surface area contributed by atoms with Gasteiger partial charge in [-0.15, -0.1) is 0 Å². The molecule has 0 amide bonds. The SMILES string of the molecule is CNCC1CCCCC1(Cc1cccc(C#N)c1)OC. The van der Waals surface area contributed by atoms with E-state index in [0.717, 1.165) is 24.9 Å². The average molecular weight is 272 g/mol. The van der Waals surface area contributed by atoms with E-state index in [1.165, 1.54) is 24.8 Å². The molecule has 0 heterocycles. The Labute approximate surface area is 121 Å². The molecule has 0 spiro atoms. The second-order valence-electron chi connectivity index (χ2n) is 5.76. The molecule has 1 fully saturated rings. The third kappa shape index (κ3) is 3.20. The van der Waals surface area contributed by atoms with Crippen LogP contribution in [0.15, 0.2) is 24.3 Å². The van der Waals surface area contributed by atoms with Crippen molar-refractivity contribution in [2.24, 2.45) is 5.92 Å². The van der Waals surface area contributed by atoms with Gasteiger partial charge in [0, 0.05) is 26.0 Å². The molecule has 1 aliphatic carbocycles. The first-order valence-corrected chi connectivity index (χ1v) is 7.43. The number of hydrogen-bond acceptors (Lipinski definition) is 3. The summed E-state index contributed by atoms with van der Waals surface area (Å²) in [5.74, 6) is 0.539. The summed E-state index contributed by atoms with van der Waals surface area (Å²) in [6, 6.07) is 10.1. The zero-order chi connectivity index (χ0) is 14.4. The Morgan fingerprint density at radius 2 is 2.30 bits per heavy atom. The molecule has 108 valence electrons. The van der Waals surface area contributed by atoms with Gasteiger partial charge < -0.3 is 10.1 Å². The third-order valence-electron chi connectivity index (χ3n) is 4.56. The van der Waals surface area contributed by atoms with Crippen LogP contribution in [0.2, 0.25) is 0 Å². The van der Waals surface area contributed by atoms with Crippen molar-refractivity contribution < 1.29 is 4.74 Å². The molecule has 0 bridgehead atoms. The normalized spacial score (nSPS) is 26.1. The highest BCUT2D eigenvalue weighted by Crippen LogP contribution is 2.38. The van der Waals surface area contributed by atoms with Crippen molar-refractivity contribution in [3.05, 3.63) is 35.4 Å². The molecule has 1 aromatic rings. The number of methoxy groups -OCH3 is 1. The van der Waals surface area contributed by atoms with E-state index in [0.29, 0.717) is 5.92 Å². The fourth-order valence-corrected chi connectivity index (χ4v) is 3.49. The minimum Gasteiger partial charge on any atom is -0.378 e. The van der Waals surface area contributed by atoms with Crippen LogP contribution in [0.4, 0.5) is 0 Å². The van der Waals surface area contributed by atoms with Crippen LogP contribution in [0, 0.1) is 17.2 Å². The van der Waals surface area contributed by atoms with Crippen LogP contribution < -0.4 is 5.32 Å². The molecule has 0 saturated heterocycles. The van der Waals surface area contributed by atoms with Crippen molar-refractivity contribution in [3.63, 3.8) is 0 Å². The molecule has 3 heteroatoms. The van der Waals surface area contributed by atoms with Crippen LogP contribution in [-0.4, -0.2) is 26.3 Å². The third-order valence-corrected chi connectivity index (χ3v) is 4.56. The van der Waals surface area contributed by atoms with Gasteiger partial charge in [0.05, 0.1) is 17.2 Å². The summed E-state index contributed by atoms with van der Waals surface area (Å²) in [5, 5.41) is 12.3. The van der Waals surface area contributed by atoms with Crippen LogP contribution in [0.1, 0.15) is 36.8 Å². The van der Waals surface area contributed by atoms with Crippen molar-refractivity contribution >= 4 is 0 Å². The minimum atomic E-state index is -0.0880. The number of ether oxygens (including phenoxy) is 1. The fourth-order valence-electron chi connectivity index (χ4n) is 3.49. The maximum atomic E-state index is 9.03. The van der Waals surface area contributed by atoms with Gasteiger partial charge in [-0.2, -0.15) is 5.26 Å². The standard InChI is InChI=1S/C17H24N2O/c1-19-13-16-8-3-4-9-17(16,20-2)11-14-6-5-7-15(10-14)12-18/h5-7,10,16,19H,3-4,8-9,11,13H2,1-2H3. The van der Waals surface area contributed by atoms with Crippen LogP contribution in [0.3, 0.4) is 0 Å². The lowest BCUT2D eigenvalue weighted by molar-refractivity contribution is -0.0813. The Balaban J connectivity index is 2.22. The van der Waals surface area contributed by atoms with E-state index in [-0.39, 0.29) is 5.60 Å². The Kier molecular flexibility index (Phi) is 5.17. The predicted octanol–water partition coefficient (Wildman–Crippen LogP) is 2.90. The summed E-state index contributed by atoms with van der Waals surface area (Å²) >= 11 is 0. The molecule has 0 radical (unpaired) electrons. The molecule has 1 saturated carbocycles. The Morgan fingerprint density at radius 1 is 1.45 bits per heavy atom. The summed E-state index contributed by atoms with van der Waals surface area (Å²) in [4.78, 5) is 0. The first-order valence-electron chi connectivity index (χ1n) is 7.43. The molecule has 20 heavy (non-hydrogen) atoms. The summed E-state index contributed by atoms with van der Waals surface area (Å²) < 4.78 is 6.00. The maximum Gasteiger partial charge on any atom is 0.0991 e. The van der Waals surface area contributed by atoms with E-state index in [9.17, 15) is 0 Å². The molecule has 0 aliphatic heterocycles. The zero-order valence-electron chi connectivity index (χ0n) is 12.5. The van der Waals surface area contributed by atoms with Gasteiger partial charge in [0.2, 0.25) is 0 Å². The molecule has 1 N–H and O–H groups in total. The average Bonchev–Trinajstić information content (AvgIpc) is 2.50. The first kappa shape index (κ1) is 15.0. The largest absolute Gasteiger partial charge is 0.378 e. The second kappa shape index (κ2) is 6.88. The van der Waals surface area contributed by atoms with Crippen molar-refractivity contribution in [1.29, 1.82) is 5.26 Å². The van der Waals surface area contributed by atoms with Crippen molar-refractivity contribution in [2.75, 3.05) is 20.7 Å². The van der Waals surface area contributed by atoms with Gasteiger partial charge in [0.1, 0.15) is 0 Å². The van der Waals surface area contributed by atoms with Gasteiger partial charge in [-0.1, -0.05) is 25.0 Å². The number of nitrogens with zero attached hydrogens (tertiary/aromatic N) is 1. The van der Waals surface area contributed by atoms with Crippen molar-refractivity contribution in [1.82, 2.24) is 5.32 Å². The van der Waals surface area contributed by atoms with E-state index < -0.39 is 0 Å². The van der Waals surface area contributed by atoms with Crippen molar-refractivity contribution in [3.8, 4) is 6.07 Å². The molecule has 0 aromatic heterocycles. The number of hydrogen-bond donors (Lipinski definition) is 1. The van der Waals surface area contributed by atoms with Crippen LogP contribution in [0.25, 0.3) is 0 Å². The van der Waals surface area contributed by atoms with E-state index in [1.54, 1.807) is 0 Å². The molecule has 3 nitrogen and oxygen atoms in total. The Bertz CT molecular complexity index is 478. The smallest absolute Gasteiger partial charge is 0.0991 e. The molecule has 1 aliphatic rings. The van der Waals surface area contributed by atoms with E-state index in [4.69, 9.17) is 10.00 Å². The lowest BCUT2D eigenvalue weighted by Crippen LogP contribution is -2.48. The Hall–Kier alpha value is -1.37. The molecule has 2 rings (SSSR count). The summed E-state index contributed by atoms with van der Waals surface area (Å²) in [6.45, 7) is 0.992. The van der Waals surface area contributed by atoms with Crippen LogP contribution in [0.5, 0.6) is 0 Å². The van der Waals surface area contributed by atoms with Crippen LogP contribution >= 0.6 is 0 Å². The van der Waals surface area contributed by atoms with Gasteiger partial charge in [-0.25, -0.2) is 0 Å².